The summed E-state index contributed by atoms with van der Waals surface area (Å²) in [5.74, 6) is -0.146. The molecule has 2 aromatic carbocycles. The molecular weight excluding hydrogens is 714 g/mol. The molecule has 0 radical (unpaired) electrons. The van der Waals surface area contributed by atoms with Crippen molar-refractivity contribution in [3.8, 4) is 5.75 Å². The highest BCUT2D eigenvalue weighted by atomic mass is 35.5. The average molecular weight is 778 g/mol. The van der Waals surface area contributed by atoms with E-state index in [-0.39, 0.29) is 12.5 Å². The fourth-order valence-electron chi connectivity index (χ4n) is 6.67. The third kappa shape index (κ3) is 12.2. The van der Waals surface area contributed by atoms with Crippen LogP contribution < -0.4 is 9.64 Å². The first kappa shape index (κ1) is 44.2. The monoisotopic (exact) mass is 777 g/mol. The molecule has 11 nitrogen and oxygen atoms in total. The standard InChI is InChI=1S/C42H64ClNO10/c1-8-12-20-47-27-34-37(48-21-13-9-2)38(49-22-14-10-3)39(50-23-15-11-4)40(53-34)51-28-35(45)52-33-24-32-36(31-19-17-16-18-30(31)33)29(25-43)26-44(32)41(46)54-42(5,6)7/h16-19,24,29,34,37-40H,8-15,20-23,25-28H2,1-7H3/t29?,34?,37-,38?,39-,40+/m0/s1. The maximum absolute atomic E-state index is 13.7. The topological polar surface area (TPSA) is 111 Å². The molecule has 304 valence electrons. The van der Waals surface area contributed by atoms with Crippen LogP contribution in [-0.2, 0) is 38.0 Å². The van der Waals surface area contributed by atoms with Crippen LogP contribution in [0.1, 0.15) is 111 Å². The van der Waals surface area contributed by atoms with Crippen molar-refractivity contribution in [1.29, 1.82) is 0 Å². The van der Waals surface area contributed by atoms with E-state index in [1.165, 1.54) is 0 Å². The van der Waals surface area contributed by atoms with E-state index in [2.05, 4.69) is 27.7 Å². The molecule has 12 heteroatoms. The summed E-state index contributed by atoms with van der Waals surface area (Å²) in [5, 5.41) is 1.57. The highest BCUT2D eigenvalue weighted by Gasteiger charge is 2.49. The van der Waals surface area contributed by atoms with Gasteiger partial charge in [-0.15, -0.1) is 11.6 Å². The first-order valence-corrected chi connectivity index (χ1v) is 20.6. The molecule has 0 aromatic heterocycles. The Hall–Kier alpha value is -2.51. The number of carbonyl (C=O) groups excluding carboxylic acids is 2. The number of amides is 1. The van der Waals surface area contributed by atoms with Crippen LogP contribution in [0.15, 0.2) is 30.3 Å². The summed E-state index contributed by atoms with van der Waals surface area (Å²) in [6.07, 6.45) is 3.91. The summed E-state index contributed by atoms with van der Waals surface area (Å²) in [5.41, 5.74) is 0.827. The minimum Gasteiger partial charge on any atom is -0.443 e. The second kappa shape index (κ2) is 22.3. The van der Waals surface area contributed by atoms with Gasteiger partial charge in [-0.2, -0.15) is 0 Å². The van der Waals surface area contributed by atoms with Crippen LogP contribution in [0.2, 0.25) is 0 Å². The largest absolute Gasteiger partial charge is 0.443 e. The predicted octanol–water partition coefficient (Wildman–Crippen LogP) is 8.94. The van der Waals surface area contributed by atoms with Crippen molar-refractivity contribution in [2.45, 2.75) is 142 Å². The number of anilines is 1. The van der Waals surface area contributed by atoms with Crippen LogP contribution >= 0.6 is 11.6 Å². The van der Waals surface area contributed by atoms with Gasteiger partial charge in [0.05, 0.1) is 12.3 Å². The minimum absolute atomic E-state index is 0.124. The fourth-order valence-corrected chi connectivity index (χ4v) is 6.92. The molecule has 0 spiro atoms. The van der Waals surface area contributed by atoms with Crippen molar-refractivity contribution in [2.75, 3.05) is 57.0 Å². The Bertz CT molecular complexity index is 1450. The lowest BCUT2D eigenvalue weighted by atomic mass is 9.95. The highest BCUT2D eigenvalue weighted by Crippen LogP contribution is 2.46. The van der Waals surface area contributed by atoms with Crippen molar-refractivity contribution in [3.05, 3.63) is 35.9 Å². The Kier molecular flexibility index (Phi) is 18.2. The lowest BCUT2D eigenvalue weighted by Gasteiger charge is -2.45. The van der Waals surface area contributed by atoms with Gasteiger partial charge in [-0.05, 0) is 57.4 Å². The summed E-state index contributed by atoms with van der Waals surface area (Å²) in [6, 6.07) is 9.36. The summed E-state index contributed by atoms with van der Waals surface area (Å²) < 4.78 is 50.1. The maximum Gasteiger partial charge on any atom is 0.414 e. The molecule has 0 aliphatic carbocycles. The third-order valence-corrected chi connectivity index (χ3v) is 9.83. The number of ether oxygens (including phenoxy) is 8. The van der Waals surface area contributed by atoms with Gasteiger partial charge in [0.15, 0.2) is 6.29 Å². The number of fused-ring (bicyclic) bond motifs is 3. The van der Waals surface area contributed by atoms with Gasteiger partial charge in [-0.3, -0.25) is 4.90 Å². The zero-order valence-electron chi connectivity index (χ0n) is 33.6. The summed E-state index contributed by atoms with van der Waals surface area (Å²) >= 11 is 6.44. The van der Waals surface area contributed by atoms with E-state index >= 15 is 0 Å². The van der Waals surface area contributed by atoms with Crippen molar-refractivity contribution in [2.24, 2.45) is 0 Å². The Morgan fingerprint density at radius 1 is 0.815 bits per heavy atom. The predicted molar refractivity (Wildman–Crippen MR) is 211 cm³/mol. The van der Waals surface area contributed by atoms with Gasteiger partial charge in [-0.25, -0.2) is 9.59 Å². The van der Waals surface area contributed by atoms with E-state index in [0.717, 1.165) is 67.7 Å². The first-order chi connectivity index (χ1) is 26.1. The van der Waals surface area contributed by atoms with Gasteiger partial charge in [-0.1, -0.05) is 77.6 Å². The van der Waals surface area contributed by atoms with Crippen LogP contribution in [0.3, 0.4) is 0 Å². The molecule has 3 unspecified atom stereocenters. The molecule has 4 rings (SSSR count). The van der Waals surface area contributed by atoms with Crippen molar-refractivity contribution >= 4 is 40.1 Å². The summed E-state index contributed by atoms with van der Waals surface area (Å²) in [4.78, 5) is 28.6. The Morgan fingerprint density at radius 3 is 2.02 bits per heavy atom. The molecule has 2 aromatic rings. The number of hydrogen-bond donors (Lipinski definition) is 0. The first-order valence-electron chi connectivity index (χ1n) is 20.1. The minimum atomic E-state index is -0.948. The molecule has 1 saturated heterocycles. The quantitative estimate of drug-likeness (QED) is 0.0497. The lowest BCUT2D eigenvalue weighted by Crippen LogP contribution is -2.62. The zero-order chi connectivity index (χ0) is 39.1. The van der Waals surface area contributed by atoms with Gasteiger partial charge in [0.1, 0.15) is 42.4 Å². The second-order valence-corrected chi connectivity index (χ2v) is 15.4. The lowest BCUT2D eigenvalue weighted by molar-refractivity contribution is -0.322. The molecule has 2 aliphatic heterocycles. The second-order valence-electron chi connectivity index (χ2n) is 15.1. The molecule has 6 atom stereocenters. The van der Waals surface area contributed by atoms with Crippen LogP contribution in [0.4, 0.5) is 10.5 Å². The normalized spacial score (nSPS) is 22.8. The Balaban J connectivity index is 1.60. The number of carbonyl (C=O) groups is 2. The maximum atomic E-state index is 13.7. The number of halogens is 1. The highest BCUT2D eigenvalue weighted by molar-refractivity contribution is 6.19. The van der Waals surface area contributed by atoms with E-state index in [0.29, 0.717) is 50.3 Å². The molecule has 1 amide bonds. The molecular formula is C42H64ClNO10. The summed E-state index contributed by atoms with van der Waals surface area (Å²) in [7, 11) is 0. The number of esters is 1. The Morgan fingerprint density at radius 2 is 1.41 bits per heavy atom. The number of unbranched alkanes of at least 4 members (excludes halogenated alkanes) is 4. The van der Waals surface area contributed by atoms with E-state index in [1.807, 2.05) is 45.0 Å². The smallest absolute Gasteiger partial charge is 0.414 e. The fraction of sp³-hybridized carbons (Fsp3) is 0.714. The van der Waals surface area contributed by atoms with E-state index in [4.69, 9.17) is 49.5 Å². The molecule has 2 aliphatic rings. The van der Waals surface area contributed by atoms with Crippen LogP contribution in [0.5, 0.6) is 5.75 Å². The van der Waals surface area contributed by atoms with Gasteiger partial charge in [0.2, 0.25) is 0 Å². The van der Waals surface area contributed by atoms with Crippen LogP contribution in [0.25, 0.3) is 10.8 Å². The molecule has 54 heavy (non-hydrogen) atoms. The van der Waals surface area contributed by atoms with Crippen LogP contribution in [0, 0.1) is 0 Å². The zero-order valence-corrected chi connectivity index (χ0v) is 34.3. The Labute approximate surface area is 327 Å². The molecule has 1 fully saturated rings. The van der Waals surface area contributed by atoms with Gasteiger partial charge in [0.25, 0.3) is 0 Å². The van der Waals surface area contributed by atoms with E-state index in [1.54, 1.807) is 11.0 Å². The van der Waals surface area contributed by atoms with Crippen molar-refractivity contribution in [1.82, 2.24) is 0 Å². The summed E-state index contributed by atoms with van der Waals surface area (Å²) in [6.45, 7) is 16.3. The number of alkyl halides is 1. The van der Waals surface area contributed by atoms with E-state index < -0.39 is 55.0 Å². The molecule has 0 N–H and O–H groups in total. The average Bonchev–Trinajstić information content (AvgIpc) is 3.52. The SMILES string of the molecule is CCCCOCC1O[C@@H](OCC(=O)Oc2cc3c(c4ccccc24)C(CCl)CN3C(=O)OC(C)(C)C)[C@@H](OCCCC)C(OCCCC)[C@H]1OCCCC. The van der Waals surface area contributed by atoms with Crippen molar-refractivity contribution in [3.63, 3.8) is 0 Å². The van der Waals surface area contributed by atoms with Gasteiger partial charge >= 0.3 is 12.1 Å². The van der Waals surface area contributed by atoms with Gasteiger partial charge < -0.3 is 37.9 Å². The van der Waals surface area contributed by atoms with Gasteiger partial charge in [0, 0.05) is 56.2 Å². The number of rotatable bonds is 22. The number of benzene rings is 2. The molecule has 0 bridgehead atoms. The van der Waals surface area contributed by atoms with Crippen LogP contribution in [-0.4, -0.2) is 100 Å². The van der Waals surface area contributed by atoms with Crippen molar-refractivity contribution < 1.29 is 47.5 Å². The third-order valence-electron chi connectivity index (χ3n) is 9.46. The molecule has 0 saturated carbocycles. The van der Waals surface area contributed by atoms with E-state index in [9.17, 15) is 9.59 Å². The molecule has 2 heterocycles. The number of hydrogen-bond acceptors (Lipinski definition) is 10. The number of nitrogens with zero attached hydrogens (tertiary/aromatic N) is 1.